The van der Waals surface area contributed by atoms with Gasteiger partial charge in [-0.15, -0.1) is 0 Å². The fraction of sp³-hybridized carbons (Fsp3) is 0.533. The van der Waals surface area contributed by atoms with Gasteiger partial charge in [0.2, 0.25) is 0 Å². The van der Waals surface area contributed by atoms with Crippen molar-refractivity contribution in [3.8, 4) is 5.75 Å². The van der Waals surface area contributed by atoms with Gasteiger partial charge in [-0.05, 0) is 24.1 Å². The largest absolute Gasteiger partial charge is 0.486 e. The Hall–Kier alpha value is -1.02. The predicted molar refractivity (Wildman–Crippen MR) is 73.1 cm³/mol. The van der Waals surface area contributed by atoms with Crippen LogP contribution in [-0.2, 0) is 4.79 Å². The zero-order valence-corrected chi connectivity index (χ0v) is 11.3. The second kappa shape index (κ2) is 6.79. The van der Waals surface area contributed by atoms with Crippen LogP contribution in [0.15, 0.2) is 24.3 Å². The summed E-state index contributed by atoms with van der Waals surface area (Å²) in [5.41, 5.74) is 0. The van der Waals surface area contributed by atoms with Crippen molar-refractivity contribution in [3.05, 3.63) is 29.3 Å². The van der Waals surface area contributed by atoms with Crippen molar-refractivity contribution in [3.63, 3.8) is 0 Å². The average molecular weight is 267 g/mol. The third kappa shape index (κ3) is 4.34. The highest BCUT2D eigenvalue weighted by Crippen LogP contribution is 2.26. The van der Waals surface area contributed by atoms with Gasteiger partial charge in [-0.1, -0.05) is 49.8 Å². The summed E-state index contributed by atoms with van der Waals surface area (Å²) in [5.74, 6) is 1.44. The van der Waals surface area contributed by atoms with E-state index in [0.29, 0.717) is 23.1 Å². The number of halogens is 1. The van der Waals surface area contributed by atoms with Gasteiger partial charge in [0.15, 0.2) is 5.78 Å². The minimum absolute atomic E-state index is 0.164. The van der Waals surface area contributed by atoms with Gasteiger partial charge in [0, 0.05) is 11.4 Å². The summed E-state index contributed by atoms with van der Waals surface area (Å²) < 4.78 is 5.46. The number of Topliss-reactive ketones (excluding diaryl/α,β-unsaturated/α-hetero) is 1. The van der Waals surface area contributed by atoms with E-state index < -0.39 is 0 Å². The summed E-state index contributed by atoms with van der Waals surface area (Å²) in [4.78, 5) is 11.8. The molecule has 0 N–H and O–H groups in total. The van der Waals surface area contributed by atoms with Crippen LogP contribution in [-0.4, -0.2) is 12.4 Å². The van der Waals surface area contributed by atoms with E-state index in [2.05, 4.69) is 0 Å². The Bertz CT molecular complexity index is 397. The quantitative estimate of drug-likeness (QED) is 0.796. The van der Waals surface area contributed by atoms with Crippen LogP contribution in [0.3, 0.4) is 0 Å². The number of hydrogen-bond donors (Lipinski definition) is 0. The van der Waals surface area contributed by atoms with Crippen LogP contribution in [0.4, 0.5) is 0 Å². The molecule has 18 heavy (non-hydrogen) atoms. The topological polar surface area (TPSA) is 26.3 Å². The first kappa shape index (κ1) is 13.4. The molecular weight excluding hydrogens is 248 g/mol. The standard InChI is InChI=1S/C15H19ClO2/c16-13-7-4-8-15(10-13)18-11-14(17)9-12-5-2-1-3-6-12/h4,7-8,10,12H,1-3,5-6,9,11H2. The monoisotopic (exact) mass is 266 g/mol. The lowest BCUT2D eigenvalue weighted by Crippen LogP contribution is -2.17. The third-order valence-corrected chi connectivity index (χ3v) is 3.67. The van der Waals surface area contributed by atoms with Crippen LogP contribution in [0.25, 0.3) is 0 Å². The molecule has 0 amide bonds. The highest BCUT2D eigenvalue weighted by atomic mass is 35.5. The minimum Gasteiger partial charge on any atom is -0.486 e. The zero-order chi connectivity index (χ0) is 12.8. The molecule has 0 saturated heterocycles. The van der Waals surface area contributed by atoms with Gasteiger partial charge < -0.3 is 4.74 Å². The van der Waals surface area contributed by atoms with Gasteiger partial charge >= 0.3 is 0 Å². The Morgan fingerprint density at radius 3 is 2.78 bits per heavy atom. The molecule has 0 bridgehead atoms. The molecule has 0 aliphatic heterocycles. The summed E-state index contributed by atoms with van der Waals surface area (Å²) in [6, 6.07) is 7.16. The van der Waals surface area contributed by atoms with Crippen molar-refractivity contribution in [1.29, 1.82) is 0 Å². The molecule has 2 rings (SSSR count). The van der Waals surface area contributed by atoms with Crippen LogP contribution in [0.2, 0.25) is 5.02 Å². The first-order valence-corrected chi connectivity index (χ1v) is 7.02. The summed E-state index contributed by atoms with van der Waals surface area (Å²) in [6.07, 6.45) is 6.93. The lowest BCUT2D eigenvalue weighted by Gasteiger charge is -2.20. The van der Waals surface area contributed by atoms with Crippen molar-refractivity contribution < 1.29 is 9.53 Å². The first-order chi connectivity index (χ1) is 8.74. The molecule has 1 aromatic rings. The number of benzene rings is 1. The smallest absolute Gasteiger partial charge is 0.170 e. The van der Waals surface area contributed by atoms with E-state index in [-0.39, 0.29) is 12.4 Å². The molecular formula is C15H19ClO2. The Morgan fingerprint density at radius 2 is 2.06 bits per heavy atom. The average Bonchev–Trinajstić information content (AvgIpc) is 2.38. The van der Waals surface area contributed by atoms with E-state index in [4.69, 9.17) is 16.3 Å². The molecule has 0 heterocycles. The summed E-state index contributed by atoms with van der Waals surface area (Å²) >= 11 is 5.85. The Labute approximate surface area is 113 Å². The van der Waals surface area contributed by atoms with Crippen molar-refractivity contribution in [1.82, 2.24) is 0 Å². The number of rotatable bonds is 5. The lowest BCUT2D eigenvalue weighted by atomic mass is 9.86. The zero-order valence-electron chi connectivity index (χ0n) is 10.5. The number of carbonyl (C=O) groups excluding carboxylic acids is 1. The first-order valence-electron chi connectivity index (χ1n) is 6.64. The van der Waals surface area contributed by atoms with E-state index in [1.807, 2.05) is 12.1 Å². The number of carbonyl (C=O) groups is 1. The second-order valence-electron chi connectivity index (χ2n) is 4.99. The normalized spacial score (nSPS) is 16.5. The summed E-state index contributed by atoms with van der Waals surface area (Å²) in [5, 5.41) is 0.632. The molecule has 0 aromatic heterocycles. The van der Waals surface area contributed by atoms with Crippen molar-refractivity contribution in [2.24, 2.45) is 5.92 Å². The summed E-state index contributed by atoms with van der Waals surface area (Å²) in [7, 11) is 0. The number of ketones is 1. The van der Waals surface area contributed by atoms with Gasteiger partial charge in [0.1, 0.15) is 12.4 Å². The molecule has 0 radical (unpaired) electrons. The van der Waals surface area contributed by atoms with Crippen LogP contribution < -0.4 is 4.74 Å². The maximum absolute atomic E-state index is 11.8. The van der Waals surface area contributed by atoms with Crippen molar-refractivity contribution in [2.75, 3.05) is 6.61 Å². The molecule has 3 heteroatoms. The highest BCUT2D eigenvalue weighted by Gasteiger charge is 2.17. The third-order valence-electron chi connectivity index (χ3n) is 3.44. The lowest BCUT2D eigenvalue weighted by molar-refractivity contribution is -0.122. The summed E-state index contributed by atoms with van der Waals surface area (Å²) in [6.45, 7) is 0.164. The molecule has 0 atom stereocenters. The van der Waals surface area contributed by atoms with Crippen LogP contribution in [0.1, 0.15) is 38.5 Å². The maximum Gasteiger partial charge on any atom is 0.170 e. The molecule has 0 spiro atoms. The molecule has 1 aliphatic rings. The molecule has 1 aromatic carbocycles. The van der Waals surface area contributed by atoms with E-state index >= 15 is 0 Å². The van der Waals surface area contributed by atoms with Crippen molar-refractivity contribution >= 4 is 17.4 Å². The Kier molecular flexibility index (Phi) is 5.06. The Balaban J connectivity index is 1.74. The number of ether oxygens (including phenoxy) is 1. The van der Waals surface area contributed by atoms with Crippen LogP contribution in [0, 0.1) is 5.92 Å². The molecule has 0 unspecified atom stereocenters. The molecule has 1 aliphatic carbocycles. The Morgan fingerprint density at radius 1 is 1.28 bits per heavy atom. The molecule has 1 fully saturated rings. The van der Waals surface area contributed by atoms with Gasteiger partial charge in [-0.25, -0.2) is 0 Å². The maximum atomic E-state index is 11.8. The van der Waals surface area contributed by atoms with Gasteiger partial charge in [0.25, 0.3) is 0 Å². The van der Waals surface area contributed by atoms with Gasteiger partial charge in [0.05, 0.1) is 0 Å². The molecule has 98 valence electrons. The molecule has 2 nitrogen and oxygen atoms in total. The van der Waals surface area contributed by atoms with Crippen LogP contribution >= 0.6 is 11.6 Å². The predicted octanol–water partition coefficient (Wildman–Crippen LogP) is 4.26. The SMILES string of the molecule is O=C(COc1cccc(Cl)c1)CC1CCCCC1. The number of hydrogen-bond acceptors (Lipinski definition) is 2. The minimum atomic E-state index is 0.164. The fourth-order valence-corrected chi connectivity index (χ4v) is 2.67. The van der Waals surface area contributed by atoms with Gasteiger partial charge in [-0.2, -0.15) is 0 Å². The fourth-order valence-electron chi connectivity index (χ4n) is 2.49. The van der Waals surface area contributed by atoms with Crippen LogP contribution in [0.5, 0.6) is 5.75 Å². The van der Waals surface area contributed by atoms with E-state index in [1.54, 1.807) is 12.1 Å². The van der Waals surface area contributed by atoms with Crippen molar-refractivity contribution in [2.45, 2.75) is 38.5 Å². The van der Waals surface area contributed by atoms with E-state index in [1.165, 1.54) is 32.1 Å². The highest BCUT2D eigenvalue weighted by molar-refractivity contribution is 6.30. The second-order valence-corrected chi connectivity index (χ2v) is 5.43. The van der Waals surface area contributed by atoms with Gasteiger partial charge in [-0.3, -0.25) is 4.79 Å². The molecule has 1 saturated carbocycles. The van der Waals surface area contributed by atoms with E-state index in [0.717, 1.165) is 0 Å². The van der Waals surface area contributed by atoms with E-state index in [9.17, 15) is 4.79 Å².